The first-order valence-corrected chi connectivity index (χ1v) is 9.34. The Morgan fingerprint density at radius 3 is 2.68 bits per heavy atom. The number of halogens is 2. The third-order valence-electron chi connectivity index (χ3n) is 3.57. The summed E-state index contributed by atoms with van der Waals surface area (Å²) in [5, 5.41) is 12.0. The highest BCUT2D eigenvalue weighted by atomic mass is 32.2. The molecule has 0 aliphatic heterocycles. The number of benzene rings is 1. The third-order valence-corrected chi connectivity index (χ3v) is 4.24. The lowest BCUT2D eigenvalue weighted by molar-refractivity contribution is 0.0952. The molecule has 0 atom stereocenters. The predicted molar refractivity (Wildman–Crippen MR) is 93.7 cm³/mol. The molecule has 5 nitrogen and oxygen atoms in total. The van der Waals surface area contributed by atoms with Crippen molar-refractivity contribution in [2.24, 2.45) is 5.92 Å². The topological polar surface area (TPSA) is 59.8 Å². The number of nitrogens with zero attached hydrogens (tertiary/aromatic N) is 3. The Labute approximate surface area is 150 Å². The van der Waals surface area contributed by atoms with Gasteiger partial charge in [-0.2, -0.15) is 0 Å². The molecule has 0 radical (unpaired) electrons. The van der Waals surface area contributed by atoms with Crippen molar-refractivity contribution in [3.8, 4) is 0 Å². The Morgan fingerprint density at radius 2 is 2.04 bits per heavy atom. The van der Waals surface area contributed by atoms with Crippen molar-refractivity contribution in [2.75, 3.05) is 12.8 Å². The van der Waals surface area contributed by atoms with E-state index in [0.29, 0.717) is 25.3 Å². The highest BCUT2D eigenvalue weighted by Crippen LogP contribution is 2.16. The van der Waals surface area contributed by atoms with Gasteiger partial charge in [0.1, 0.15) is 5.82 Å². The summed E-state index contributed by atoms with van der Waals surface area (Å²) in [4.78, 5) is 11.9. The molecule has 8 heteroatoms. The van der Waals surface area contributed by atoms with Crippen molar-refractivity contribution < 1.29 is 13.6 Å². The third kappa shape index (κ3) is 5.26. The summed E-state index contributed by atoms with van der Waals surface area (Å²) in [5.41, 5.74) is 0.103. The first kappa shape index (κ1) is 19.4. The summed E-state index contributed by atoms with van der Waals surface area (Å²) in [5.74, 6) is -1.05. The fourth-order valence-electron chi connectivity index (χ4n) is 2.39. The average molecular weight is 368 g/mol. The van der Waals surface area contributed by atoms with E-state index in [0.717, 1.165) is 29.7 Å². The maximum Gasteiger partial charge on any atom is 0.251 e. The van der Waals surface area contributed by atoms with E-state index in [1.54, 1.807) is 11.8 Å². The van der Waals surface area contributed by atoms with Crippen LogP contribution in [0.25, 0.3) is 0 Å². The van der Waals surface area contributed by atoms with Gasteiger partial charge in [-0.3, -0.25) is 4.79 Å². The minimum absolute atomic E-state index is 0.103. The van der Waals surface area contributed by atoms with Crippen LogP contribution in [-0.2, 0) is 13.0 Å². The fourth-order valence-corrected chi connectivity index (χ4v) is 2.91. The molecule has 136 valence electrons. The molecule has 1 heterocycles. The molecule has 2 aromatic rings. The van der Waals surface area contributed by atoms with E-state index in [2.05, 4.69) is 33.9 Å². The molecule has 0 spiro atoms. The molecule has 0 saturated carbocycles. The molecule has 1 N–H and O–H groups in total. The monoisotopic (exact) mass is 368 g/mol. The van der Waals surface area contributed by atoms with Gasteiger partial charge in [0.2, 0.25) is 0 Å². The van der Waals surface area contributed by atoms with Gasteiger partial charge in [0, 0.05) is 25.1 Å². The Hall–Kier alpha value is -1.96. The Kier molecular flexibility index (Phi) is 6.92. The number of aryl methyl sites for hydroxylation is 1. The van der Waals surface area contributed by atoms with Crippen LogP contribution in [0.2, 0.25) is 0 Å². The maximum absolute atomic E-state index is 13.2. The van der Waals surface area contributed by atoms with Gasteiger partial charge in [-0.1, -0.05) is 25.6 Å². The smallest absolute Gasteiger partial charge is 0.251 e. The van der Waals surface area contributed by atoms with Gasteiger partial charge in [-0.05, 0) is 36.8 Å². The molecular weight excluding hydrogens is 346 g/mol. The number of aromatic nitrogens is 3. The quantitative estimate of drug-likeness (QED) is 0.574. The predicted octanol–water partition coefficient (Wildman–Crippen LogP) is 3.30. The first-order valence-electron chi connectivity index (χ1n) is 8.11. The van der Waals surface area contributed by atoms with E-state index in [1.807, 2.05) is 6.26 Å². The Balaban J connectivity index is 1.87. The van der Waals surface area contributed by atoms with Crippen LogP contribution in [0.15, 0.2) is 23.4 Å². The van der Waals surface area contributed by atoms with Gasteiger partial charge in [0.25, 0.3) is 5.91 Å². The maximum atomic E-state index is 13.2. The second kappa shape index (κ2) is 8.94. The summed E-state index contributed by atoms with van der Waals surface area (Å²) in [7, 11) is 0. The number of carbonyl (C=O) groups excluding carboxylic acids is 1. The van der Waals surface area contributed by atoms with Gasteiger partial charge in [0.05, 0.1) is 0 Å². The van der Waals surface area contributed by atoms with Crippen LogP contribution in [0.1, 0.15) is 36.5 Å². The van der Waals surface area contributed by atoms with Crippen molar-refractivity contribution in [3.63, 3.8) is 0 Å². The van der Waals surface area contributed by atoms with E-state index in [-0.39, 0.29) is 5.56 Å². The highest BCUT2D eigenvalue weighted by molar-refractivity contribution is 7.98. The second-order valence-electron chi connectivity index (χ2n) is 6.10. The molecule has 0 aliphatic rings. The van der Waals surface area contributed by atoms with Gasteiger partial charge in [-0.25, -0.2) is 8.78 Å². The van der Waals surface area contributed by atoms with Crippen LogP contribution in [0.3, 0.4) is 0 Å². The van der Waals surface area contributed by atoms with Crippen LogP contribution in [-0.4, -0.2) is 33.5 Å². The number of hydrogen-bond donors (Lipinski definition) is 1. The zero-order valence-corrected chi connectivity index (χ0v) is 15.4. The highest BCUT2D eigenvalue weighted by Gasteiger charge is 2.13. The standard InChI is InChI=1S/C17H22F2N4OS/c1-11(2)10-23-15(21-22-17(23)25-3)5-4-8-20-16(24)12-6-7-13(18)14(19)9-12/h6-7,9,11H,4-5,8,10H2,1-3H3,(H,20,24). The number of amides is 1. The minimum Gasteiger partial charge on any atom is -0.352 e. The van der Waals surface area contributed by atoms with Gasteiger partial charge >= 0.3 is 0 Å². The van der Waals surface area contributed by atoms with Crippen LogP contribution >= 0.6 is 11.8 Å². The molecule has 1 aromatic carbocycles. The summed E-state index contributed by atoms with van der Waals surface area (Å²) >= 11 is 1.56. The summed E-state index contributed by atoms with van der Waals surface area (Å²) in [6, 6.07) is 3.11. The average Bonchev–Trinajstić information content (AvgIpc) is 2.95. The van der Waals surface area contributed by atoms with Crippen LogP contribution in [0, 0.1) is 17.6 Å². The SMILES string of the molecule is CSc1nnc(CCCNC(=O)c2ccc(F)c(F)c2)n1CC(C)C. The van der Waals surface area contributed by atoms with E-state index in [4.69, 9.17) is 0 Å². The lowest BCUT2D eigenvalue weighted by atomic mass is 10.2. The van der Waals surface area contributed by atoms with Crippen LogP contribution in [0.5, 0.6) is 0 Å². The lowest BCUT2D eigenvalue weighted by Gasteiger charge is -2.11. The first-order chi connectivity index (χ1) is 11.9. The van der Waals surface area contributed by atoms with Gasteiger partial charge in [-0.15, -0.1) is 10.2 Å². The molecule has 0 fully saturated rings. The molecule has 25 heavy (non-hydrogen) atoms. The van der Waals surface area contributed by atoms with Crippen molar-refractivity contribution >= 4 is 17.7 Å². The minimum atomic E-state index is -1.03. The van der Waals surface area contributed by atoms with Gasteiger partial charge in [0.15, 0.2) is 16.8 Å². The summed E-state index contributed by atoms with van der Waals surface area (Å²) < 4.78 is 28.2. The Morgan fingerprint density at radius 1 is 1.28 bits per heavy atom. The lowest BCUT2D eigenvalue weighted by Crippen LogP contribution is -2.25. The van der Waals surface area contributed by atoms with Crippen molar-refractivity contribution in [3.05, 3.63) is 41.2 Å². The van der Waals surface area contributed by atoms with Crippen molar-refractivity contribution in [1.29, 1.82) is 0 Å². The molecule has 0 bridgehead atoms. The Bertz CT molecular complexity index is 733. The van der Waals surface area contributed by atoms with Crippen molar-refractivity contribution in [2.45, 2.75) is 38.4 Å². The molecule has 2 rings (SSSR count). The molecule has 0 saturated heterocycles. The largest absolute Gasteiger partial charge is 0.352 e. The van der Waals surface area contributed by atoms with E-state index in [1.165, 1.54) is 6.07 Å². The normalized spacial score (nSPS) is 11.1. The molecule has 0 aliphatic carbocycles. The molecule has 1 amide bonds. The zero-order chi connectivity index (χ0) is 18.4. The molecule has 1 aromatic heterocycles. The molecular formula is C17H22F2N4OS. The van der Waals surface area contributed by atoms with E-state index >= 15 is 0 Å². The zero-order valence-electron chi connectivity index (χ0n) is 14.6. The summed E-state index contributed by atoms with van der Waals surface area (Å²) in [6.07, 6.45) is 3.32. The van der Waals surface area contributed by atoms with E-state index in [9.17, 15) is 13.6 Å². The number of carbonyl (C=O) groups is 1. The number of thioether (sulfide) groups is 1. The number of nitrogens with one attached hydrogen (secondary N) is 1. The van der Waals surface area contributed by atoms with Crippen LogP contribution in [0.4, 0.5) is 8.78 Å². The second-order valence-corrected chi connectivity index (χ2v) is 6.87. The van der Waals surface area contributed by atoms with Crippen molar-refractivity contribution in [1.82, 2.24) is 20.1 Å². The van der Waals surface area contributed by atoms with Gasteiger partial charge < -0.3 is 9.88 Å². The number of hydrogen-bond acceptors (Lipinski definition) is 4. The fraction of sp³-hybridized carbons (Fsp3) is 0.471. The number of rotatable bonds is 8. The summed E-state index contributed by atoms with van der Waals surface area (Å²) in [6.45, 7) is 5.53. The van der Waals surface area contributed by atoms with Crippen LogP contribution < -0.4 is 5.32 Å². The van der Waals surface area contributed by atoms with E-state index < -0.39 is 17.5 Å². The molecule has 0 unspecified atom stereocenters.